The first kappa shape index (κ1) is 18.5. The van der Waals surface area contributed by atoms with Gasteiger partial charge in [0.25, 0.3) is 0 Å². The molecule has 1 aromatic carbocycles. The van der Waals surface area contributed by atoms with Gasteiger partial charge >= 0.3 is 0 Å². The molecule has 0 spiro atoms. The van der Waals surface area contributed by atoms with Crippen LogP contribution in [0, 0.1) is 0 Å². The van der Waals surface area contributed by atoms with Crippen LogP contribution in [-0.4, -0.2) is 49.6 Å². The third-order valence-electron chi connectivity index (χ3n) is 4.15. The molecule has 1 aliphatic heterocycles. The van der Waals surface area contributed by atoms with Gasteiger partial charge in [0.15, 0.2) is 5.96 Å². The predicted octanol–water partition coefficient (Wildman–Crippen LogP) is 3.13. The zero-order valence-electron chi connectivity index (χ0n) is 15.6. The van der Waals surface area contributed by atoms with Crippen molar-refractivity contribution in [3.05, 3.63) is 41.5 Å². The lowest BCUT2D eigenvalue weighted by Crippen LogP contribution is -2.47. The van der Waals surface area contributed by atoms with E-state index in [1.165, 1.54) is 11.1 Å². The molecule has 4 nitrogen and oxygen atoms in total. The number of hydrogen-bond donors (Lipinski definition) is 2. The molecule has 132 valence electrons. The van der Waals surface area contributed by atoms with Crippen LogP contribution in [0.25, 0.3) is 6.08 Å². The number of likely N-dealkylation sites (tertiary alicyclic amines) is 1. The van der Waals surface area contributed by atoms with Gasteiger partial charge in [-0.15, -0.1) is 0 Å². The zero-order chi connectivity index (χ0) is 17.4. The van der Waals surface area contributed by atoms with Gasteiger partial charge < -0.3 is 15.5 Å². The van der Waals surface area contributed by atoms with Crippen molar-refractivity contribution in [2.45, 2.75) is 39.2 Å². The molecule has 0 unspecified atom stereocenters. The van der Waals surface area contributed by atoms with Crippen LogP contribution in [0.15, 0.2) is 40.9 Å². The van der Waals surface area contributed by atoms with Crippen molar-refractivity contribution in [3.63, 3.8) is 0 Å². The van der Waals surface area contributed by atoms with Crippen LogP contribution < -0.4 is 10.6 Å². The van der Waals surface area contributed by atoms with E-state index in [-0.39, 0.29) is 5.54 Å². The van der Waals surface area contributed by atoms with Crippen LogP contribution in [0.5, 0.6) is 0 Å². The Morgan fingerprint density at radius 2 is 1.79 bits per heavy atom. The molecular weight excluding hydrogens is 296 g/mol. The van der Waals surface area contributed by atoms with Gasteiger partial charge in [0.05, 0.1) is 0 Å². The van der Waals surface area contributed by atoms with E-state index in [1.54, 1.807) is 0 Å². The predicted molar refractivity (Wildman–Crippen MR) is 104 cm³/mol. The number of guanidine groups is 1. The number of rotatable bonds is 4. The van der Waals surface area contributed by atoms with E-state index >= 15 is 0 Å². The largest absolute Gasteiger partial charge is 0.355 e. The van der Waals surface area contributed by atoms with Crippen LogP contribution in [0.2, 0.25) is 0 Å². The summed E-state index contributed by atoms with van der Waals surface area (Å²) in [5.41, 5.74) is 2.99. The molecule has 4 heteroatoms. The highest BCUT2D eigenvalue weighted by Gasteiger charge is 2.17. The Kier molecular flexibility index (Phi) is 6.85. The fourth-order valence-electron chi connectivity index (χ4n) is 2.88. The van der Waals surface area contributed by atoms with Gasteiger partial charge in [0.1, 0.15) is 0 Å². The van der Waals surface area contributed by atoms with Gasteiger partial charge in [-0.3, -0.25) is 4.99 Å². The molecule has 2 rings (SSSR count). The maximum atomic E-state index is 4.44. The highest BCUT2D eigenvalue weighted by molar-refractivity contribution is 5.80. The molecule has 1 aromatic rings. The number of hydrogen-bond acceptors (Lipinski definition) is 2. The smallest absolute Gasteiger partial charge is 0.193 e. The molecule has 24 heavy (non-hydrogen) atoms. The third kappa shape index (κ3) is 6.36. The normalized spacial score (nSPS) is 16.2. The quantitative estimate of drug-likeness (QED) is 0.507. The topological polar surface area (TPSA) is 39.7 Å². The van der Waals surface area contributed by atoms with E-state index in [0.717, 1.165) is 45.0 Å². The monoisotopic (exact) mass is 328 g/mol. The molecule has 0 aliphatic carbocycles. The van der Waals surface area contributed by atoms with Crippen molar-refractivity contribution < 1.29 is 0 Å². The minimum absolute atomic E-state index is 0.160. The summed E-state index contributed by atoms with van der Waals surface area (Å²) in [6.45, 7) is 10.5. The minimum Gasteiger partial charge on any atom is -0.355 e. The molecule has 1 aliphatic rings. The maximum Gasteiger partial charge on any atom is 0.193 e. The lowest BCUT2D eigenvalue weighted by atomic mass is 10.0. The lowest BCUT2D eigenvalue weighted by Gasteiger charge is -2.31. The summed E-state index contributed by atoms with van der Waals surface area (Å²) in [4.78, 5) is 6.80. The molecule has 0 aromatic heterocycles. The van der Waals surface area contributed by atoms with Crippen LogP contribution in [-0.2, 0) is 0 Å². The molecule has 2 N–H and O–H groups in total. The first-order chi connectivity index (χ1) is 11.5. The number of aliphatic imine (C=N–C) groups is 1. The Hall–Kier alpha value is -1.81. The Balaban J connectivity index is 1.78. The first-order valence-corrected chi connectivity index (χ1v) is 8.93. The molecule has 0 bridgehead atoms. The number of nitrogens with one attached hydrogen (secondary N) is 2. The molecule has 1 heterocycles. The summed E-state index contributed by atoms with van der Waals surface area (Å²) < 4.78 is 0. The maximum absolute atomic E-state index is 4.44. The highest BCUT2D eigenvalue weighted by atomic mass is 15.3. The number of piperidine rings is 1. The second-order valence-electron chi connectivity index (χ2n) is 7.35. The van der Waals surface area contributed by atoms with E-state index in [0.29, 0.717) is 0 Å². The summed E-state index contributed by atoms with van der Waals surface area (Å²) in [5, 5.41) is 6.96. The van der Waals surface area contributed by atoms with Gasteiger partial charge in [-0.1, -0.05) is 42.0 Å². The van der Waals surface area contributed by atoms with Crippen LogP contribution in [0.4, 0.5) is 0 Å². The van der Waals surface area contributed by atoms with E-state index in [1.807, 2.05) is 7.05 Å². The van der Waals surface area contributed by atoms with Crippen molar-refractivity contribution >= 4 is 12.0 Å². The van der Waals surface area contributed by atoms with Crippen molar-refractivity contribution in [3.8, 4) is 0 Å². The summed E-state index contributed by atoms with van der Waals surface area (Å²) >= 11 is 0. The van der Waals surface area contributed by atoms with E-state index < -0.39 is 0 Å². The molecule has 0 atom stereocenters. The fraction of sp³-hybridized carbons (Fsp3) is 0.550. The van der Waals surface area contributed by atoms with E-state index in [2.05, 4.69) is 77.7 Å². The summed E-state index contributed by atoms with van der Waals surface area (Å²) in [6, 6.07) is 10.6. The summed E-state index contributed by atoms with van der Waals surface area (Å²) in [7, 11) is 1.87. The first-order valence-electron chi connectivity index (χ1n) is 8.93. The molecule has 1 fully saturated rings. The van der Waals surface area contributed by atoms with E-state index in [4.69, 9.17) is 0 Å². The molecule has 1 saturated heterocycles. The molecule has 0 saturated carbocycles. The van der Waals surface area contributed by atoms with Crippen LogP contribution in [0.3, 0.4) is 0 Å². The number of benzene rings is 1. The lowest BCUT2D eigenvalue weighted by molar-refractivity contribution is 0.372. The van der Waals surface area contributed by atoms with Gasteiger partial charge in [0.2, 0.25) is 0 Å². The SMILES string of the molecule is CN=C(NCCNC(C)(C)C)N1CCC(=Cc2ccccc2)CC1. The fourth-order valence-corrected chi connectivity index (χ4v) is 2.88. The Morgan fingerprint density at radius 1 is 1.12 bits per heavy atom. The molecule has 0 amide bonds. The van der Waals surface area contributed by atoms with Crippen LogP contribution >= 0.6 is 0 Å². The second kappa shape index (κ2) is 8.88. The zero-order valence-corrected chi connectivity index (χ0v) is 15.6. The van der Waals surface area contributed by atoms with Gasteiger partial charge in [-0.05, 0) is 39.2 Å². The van der Waals surface area contributed by atoms with Gasteiger partial charge in [-0.2, -0.15) is 0 Å². The number of nitrogens with zero attached hydrogens (tertiary/aromatic N) is 2. The minimum atomic E-state index is 0.160. The van der Waals surface area contributed by atoms with Crippen molar-refractivity contribution in [2.75, 3.05) is 33.2 Å². The van der Waals surface area contributed by atoms with Crippen molar-refractivity contribution in [2.24, 2.45) is 4.99 Å². The van der Waals surface area contributed by atoms with E-state index in [9.17, 15) is 0 Å². The molecule has 0 radical (unpaired) electrons. The summed E-state index contributed by atoms with van der Waals surface area (Å²) in [6.07, 6.45) is 4.55. The molecular formula is C20H32N4. The van der Waals surface area contributed by atoms with Crippen molar-refractivity contribution in [1.82, 2.24) is 15.5 Å². The standard InChI is InChI=1S/C20H32N4/c1-20(2,3)23-13-12-22-19(21-4)24-14-10-18(11-15-24)16-17-8-6-5-7-9-17/h5-9,16,23H,10-15H2,1-4H3,(H,21,22). The average Bonchev–Trinajstić information content (AvgIpc) is 2.56. The Morgan fingerprint density at radius 3 is 2.38 bits per heavy atom. The summed E-state index contributed by atoms with van der Waals surface area (Å²) in [5.74, 6) is 1.02. The van der Waals surface area contributed by atoms with Gasteiger partial charge in [0, 0.05) is 38.8 Å². The Bertz CT molecular complexity index is 545. The average molecular weight is 329 g/mol. The second-order valence-corrected chi connectivity index (χ2v) is 7.35. The third-order valence-corrected chi connectivity index (χ3v) is 4.15. The van der Waals surface area contributed by atoms with Crippen molar-refractivity contribution in [1.29, 1.82) is 0 Å². The van der Waals surface area contributed by atoms with Crippen LogP contribution in [0.1, 0.15) is 39.2 Å². The Labute approximate surface area is 147 Å². The van der Waals surface area contributed by atoms with Gasteiger partial charge in [-0.25, -0.2) is 0 Å². The highest BCUT2D eigenvalue weighted by Crippen LogP contribution is 2.19.